The average Bonchev–Trinajstić information content (AvgIpc) is 2.02. The minimum absolute atomic E-state index is 0.482. The number of benzene rings is 1. The van der Waals surface area contributed by atoms with Crippen LogP contribution in [0.2, 0.25) is 5.02 Å². The Labute approximate surface area is 84.5 Å². The van der Waals surface area contributed by atoms with Gasteiger partial charge in [-0.15, -0.1) is 0 Å². The molecule has 13 heavy (non-hydrogen) atoms. The zero-order chi connectivity index (χ0) is 9.84. The van der Waals surface area contributed by atoms with Crippen molar-refractivity contribution < 1.29 is 0 Å². The van der Waals surface area contributed by atoms with E-state index in [4.69, 9.17) is 11.6 Å². The van der Waals surface area contributed by atoms with Crippen molar-refractivity contribution in [1.29, 1.82) is 0 Å². The molecule has 1 aromatic carbocycles. The first-order chi connectivity index (χ1) is 6.09. The highest BCUT2D eigenvalue weighted by Gasteiger charge is 1.96. The molecule has 1 rings (SSSR count). The van der Waals surface area contributed by atoms with Crippen molar-refractivity contribution in [1.82, 2.24) is 0 Å². The Balaban J connectivity index is 2.90. The van der Waals surface area contributed by atoms with E-state index in [1.165, 1.54) is 0 Å². The second kappa shape index (κ2) is 4.43. The number of aryl methyl sites for hydroxylation is 1. The average molecular weight is 196 g/mol. The second-order valence-corrected chi connectivity index (χ2v) is 3.89. The fourth-order valence-corrected chi connectivity index (χ4v) is 1.22. The first-order valence-corrected chi connectivity index (χ1v) is 4.77. The molecule has 2 heteroatoms. The molecule has 0 atom stereocenters. The second-order valence-electron chi connectivity index (χ2n) is 3.45. The summed E-state index contributed by atoms with van der Waals surface area (Å²) in [5.41, 5.74) is 2.11. The van der Waals surface area contributed by atoms with Crippen LogP contribution in [0.3, 0.4) is 0 Å². The lowest BCUT2D eigenvalue weighted by Gasteiger charge is -2.00. The SMILES string of the molecule is Cc1cc(Cl)ccc1N=CC(C)C. The summed E-state index contributed by atoms with van der Waals surface area (Å²) in [6.07, 6.45) is 1.94. The molecule has 0 spiro atoms. The predicted molar refractivity (Wildman–Crippen MR) is 59.2 cm³/mol. The van der Waals surface area contributed by atoms with Gasteiger partial charge < -0.3 is 0 Å². The number of hydrogen-bond acceptors (Lipinski definition) is 1. The highest BCUT2D eigenvalue weighted by molar-refractivity contribution is 6.30. The van der Waals surface area contributed by atoms with Crippen LogP contribution in [0.1, 0.15) is 19.4 Å². The minimum atomic E-state index is 0.482. The number of aliphatic imine (C=N–C) groups is 1. The van der Waals surface area contributed by atoms with Gasteiger partial charge in [-0.05, 0) is 36.6 Å². The van der Waals surface area contributed by atoms with E-state index in [-0.39, 0.29) is 0 Å². The summed E-state index contributed by atoms with van der Waals surface area (Å²) in [7, 11) is 0. The van der Waals surface area contributed by atoms with Gasteiger partial charge >= 0.3 is 0 Å². The molecular formula is C11H14ClN. The van der Waals surface area contributed by atoms with Crippen LogP contribution in [0.15, 0.2) is 23.2 Å². The monoisotopic (exact) mass is 195 g/mol. The van der Waals surface area contributed by atoms with Crippen LogP contribution < -0.4 is 0 Å². The molecule has 0 aromatic heterocycles. The number of nitrogens with zero attached hydrogens (tertiary/aromatic N) is 1. The summed E-state index contributed by atoms with van der Waals surface area (Å²) < 4.78 is 0. The minimum Gasteiger partial charge on any atom is -0.261 e. The number of hydrogen-bond donors (Lipinski definition) is 0. The molecule has 0 saturated carbocycles. The van der Waals surface area contributed by atoms with Crippen molar-refractivity contribution in [2.24, 2.45) is 10.9 Å². The summed E-state index contributed by atoms with van der Waals surface area (Å²) in [6, 6.07) is 5.73. The predicted octanol–water partition coefficient (Wildman–Crippen LogP) is 4.01. The van der Waals surface area contributed by atoms with Crippen molar-refractivity contribution >= 4 is 23.5 Å². The molecule has 0 aliphatic heterocycles. The van der Waals surface area contributed by atoms with E-state index in [2.05, 4.69) is 18.8 Å². The van der Waals surface area contributed by atoms with Gasteiger partial charge in [-0.25, -0.2) is 0 Å². The fraction of sp³-hybridized carbons (Fsp3) is 0.364. The highest BCUT2D eigenvalue weighted by Crippen LogP contribution is 2.21. The van der Waals surface area contributed by atoms with E-state index in [1.54, 1.807) is 0 Å². The Morgan fingerprint density at radius 3 is 2.62 bits per heavy atom. The maximum atomic E-state index is 5.83. The van der Waals surface area contributed by atoms with Crippen molar-refractivity contribution in [2.75, 3.05) is 0 Å². The maximum absolute atomic E-state index is 5.83. The zero-order valence-electron chi connectivity index (χ0n) is 8.21. The Morgan fingerprint density at radius 1 is 1.38 bits per heavy atom. The molecular weight excluding hydrogens is 182 g/mol. The van der Waals surface area contributed by atoms with E-state index in [1.807, 2.05) is 31.3 Å². The summed E-state index contributed by atoms with van der Waals surface area (Å²) in [4.78, 5) is 4.36. The molecule has 0 amide bonds. The first kappa shape index (κ1) is 10.3. The summed E-state index contributed by atoms with van der Waals surface area (Å²) in [5.74, 6) is 0.482. The van der Waals surface area contributed by atoms with Gasteiger partial charge in [-0.2, -0.15) is 0 Å². The van der Waals surface area contributed by atoms with Gasteiger partial charge in [0.15, 0.2) is 0 Å². The molecule has 0 radical (unpaired) electrons. The maximum Gasteiger partial charge on any atom is 0.0656 e. The van der Waals surface area contributed by atoms with Crippen LogP contribution >= 0.6 is 11.6 Å². The summed E-state index contributed by atoms with van der Waals surface area (Å²) >= 11 is 5.83. The Kier molecular flexibility index (Phi) is 3.49. The standard InChI is InChI=1S/C11H14ClN/c1-8(2)7-13-11-5-4-10(12)6-9(11)3/h4-8H,1-3H3. The van der Waals surface area contributed by atoms with Crippen molar-refractivity contribution in [3.05, 3.63) is 28.8 Å². The van der Waals surface area contributed by atoms with Gasteiger partial charge in [0.2, 0.25) is 0 Å². The number of rotatable bonds is 2. The smallest absolute Gasteiger partial charge is 0.0656 e. The molecule has 0 fully saturated rings. The van der Waals surface area contributed by atoms with E-state index < -0.39 is 0 Å². The largest absolute Gasteiger partial charge is 0.261 e. The fourth-order valence-electron chi connectivity index (χ4n) is 0.993. The van der Waals surface area contributed by atoms with Gasteiger partial charge in [-0.1, -0.05) is 25.4 Å². The van der Waals surface area contributed by atoms with Crippen molar-refractivity contribution in [3.8, 4) is 0 Å². The van der Waals surface area contributed by atoms with Crippen LogP contribution in [0.4, 0.5) is 5.69 Å². The van der Waals surface area contributed by atoms with Gasteiger partial charge in [0, 0.05) is 11.2 Å². The van der Waals surface area contributed by atoms with E-state index in [9.17, 15) is 0 Å². The van der Waals surface area contributed by atoms with Gasteiger partial charge in [0.1, 0.15) is 0 Å². The third-order valence-corrected chi connectivity index (χ3v) is 1.91. The molecule has 0 saturated heterocycles. The Morgan fingerprint density at radius 2 is 2.08 bits per heavy atom. The zero-order valence-corrected chi connectivity index (χ0v) is 8.97. The molecule has 0 bridgehead atoms. The van der Waals surface area contributed by atoms with Gasteiger partial charge in [0.25, 0.3) is 0 Å². The van der Waals surface area contributed by atoms with Crippen LogP contribution in [0, 0.1) is 12.8 Å². The van der Waals surface area contributed by atoms with Gasteiger partial charge in [0.05, 0.1) is 5.69 Å². The lowest BCUT2D eigenvalue weighted by molar-refractivity contribution is 0.907. The van der Waals surface area contributed by atoms with Crippen molar-refractivity contribution in [2.45, 2.75) is 20.8 Å². The van der Waals surface area contributed by atoms with E-state index in [0.717, 1.165) is 16.3 Å². The van der Waals surface area contributed by atoms with E-state index >= 15 is 0 Å². The first-order valence-electron chi connectivity index (χ1n) is 4.40. The van der Waals surface area contributed by atoms with Crippen molar-refractivity contribution in [3.63, 3.8) is 0 Å². The third-order valence-electron chi connectivity index (χ3n) is 1.67. The van der Waals surface area contributed by atoms with Crippen LogP contribution in [-0.4, -0.2) is 6.21 Å². The molecule has 1 aromatic rings. The van der Waals surface area contributed by atoms with Crippen LogP contribution in [0.5, 0.6) is 0 Å². The summed E-state index contributed by atoms with van der Waals surface area (Å²) in [5, 5.41) is 0.765. The molecule has 0 unspecified atom stereocenters. The molecule has 0 N–H and O–H groups in total. The Hall–Kier alpha value is -0.820. The molecule has 0 heterocycles. The lowest BCUT2D eigenvalue weighted by atomic mass is 10.2. The molecule has 1 nitrogen and oxygen atoms in total. The van der Waals surface area contributed by atoms with Crippen LogP contribution in [-0.2, 0) is 0 Å². The number of halogens is 1. The lowest BCUT2D eigenvalue weighted by Crippen LogP contribution is -1.86. The normalized spacial score (nSPS) is 11.5. The highest BCUT2D eigenvalue weighted by atomic mass is 35.5. The molecule has 0 aliphatic carbocycles. The molecule has 0 aliphatic rings. The Bertz CT molecular complexity index is 316. The summed E-state index contributed by atoms with van der Waals surface area (Å²) in [6.45, 7) is 6.22. The molecule has 70 valence electrons. The van der Waals surface area contributed by atoms with Crippen LogP contribution in [0.25, 0.3) is 0 Å². The quantitative estimate of drug-likeness (QED) is 0.633. The topological polar surface area (TPSA) is 12.4 Å². The van der Waals surface area contributed by atoms with Gasteiger partial charge in [-0.3, -0.25) is 4.99 Å². The van der Waals surface area contributed by atoms with E-state index in [0.29, 0.717) is 5.92 Å². The third kappa shape index (κ3) is 3.19.